The highest BCUT2D eigenvalue weighted by atomic mass is 19.1. The van der Waals surface area contributed by atoms with E-state index in [1.54, 1.807) is 19.1 Å². The third kappa shape index (κ3) is 3.87. The second kappa shape index (κ2) is 6.79. The van der Waals surface area contributed by atoms with Crippen LogP contribution < -0.4 is 4.90 Å². The van der Waals surface area contributed by atoms with Crippen molar-refractivity contribution in [3.05, 3.63) is 42.2 Å². The van der Waals surface area contributed by atoms with Crippen LogP contribution in [-0.4, -0.2) is 25.7 Å². The van der Waals surface area contributed by atoms with Gasteiger partial charge in [0.15, 0.2) is 0 Å². The van der Waals surface area contributed by atoms with Crippen LogP contribution in [-0.2, 0) is 9.53 Å². The molecule has 0 fully saturated rings. The zero-order chi connectivity index (χ0) is 13.5. The number of carbonyl (C=O) groups is 1. The first-order valence-electron chi connectivity index (χ1n) is 5.93. The third-order valence-electron chi connectivity index (χ3n) is 2.50. The average Bonchev–Trinajstić information content (AvgIpc) is 2.35. The fourth-order valence-corrected chi connectivity index (χ4v) is 1.59. The summed E-state index contributed by atoms with van der Waals surface area (Å²) in [6, 6.07) is 6.25. The second-order valence-electron chi connectivity index (χ2n) is 3.82. The molecule has 0 bridgehead atoms. The molecular weight excluding hydrogens is 233 g/mol. The topological polar surface area (TPSA) is 29.5 Å². The Labute approximate surface area is 107 Å². The number of hydrogen-bond acceptors (Lipinski definition) is 3. The number of esters is 1. The predicted octanol–water partition coefficient (Wildman–Crippen LogP) is 2.77. The number of rotatable bonds is 6. The van der Waals surface area contributed by atoms with Crippen LogP contribution in [0.15, 0.2) is 36.4 Å². The van der Waals surface area contributed by atoms with Crippen LogP contribution in [0.3, 0.4) is 0 Å². The van der Waals surface area contributed by atoms with Crippen molar-refractivity contribution in [2.45, 2.75) is 13.8 Å². The molecule has 1 aromatic carbocycles. The molecule has 98 valence electrons. The molecule has 18 heavy (non-hydrogen) atoms. The van der Waals surface area contributed by atoms with Gasteiger partial charge in [-0.2, -0.15) is 0 Å². The number of hydrogen-bond donors (Lipinski definition) is 0. The Bertz CT molecular complexity index is 432. The Morgan fingerprint density at radius 1 is 1.44 bits per heavy atom. The van der Waals surface area contributed by atoms with E-state index in [9.17, 15) is 9.18 Å². The van der Waals surface area contributed by atoms with Gasteiger partial charge >= 0.3 is 5.97 Å². The van der Waals surface area contributed by atoms with Gasteiger partial charge in [-0.3, -0.25) is 0 Å². The molecule has 0 atom stereocenters. The standard InChI is InChI=1S/C14H18FNO2/c1-4-16(10-11(3)14(17)18-5-2)13-8-6-7-12(15)9-13/h6-9H,3-5,10H2,1-2H3. The van der Waals surface area contributed by atoms with Crippen LogP contribution >= 0.6 is 0 Å². The van der Waals surface area contributed by atoms with Crippen LogP contribution in [0, 0.1) is 5.82 Å². The Balaban J connectivity index is 2.73. The van der Waals surface area contributed by atoms with Gasteiger partial charge in [-0.05, 0) is 32.0 Å². The average molecular weight is 251 g/mol. The van der Waals surface area contributed by atoms with Gasteiger partial charge in [0, 0.05) is 24.4 Å². The Kier molecular flexibility index (Phi) is 5.36. The molecule has 3 nitrogen and oxygen atoms in total. The summed E-state index contributed by atoms with van der Waals surface area (Å²) in [6.07, 6.45) is 0. The second-order valence-corrected chi connectivity index (χ2v) is 3.82. The van der Waals surface area contributed by atoms with E-state index >= 15 is 0 Å². The maximum Gasteiger partial charge on any atom is 0.335 e. The van der Waals surface area contributed by atoms with Gasteiger partial charge in [-0.15, -0.1) is 0 Å². The molecule has 0 N–H and O–H groups in total. The van der Waals surface area contributed by atoms with Crippen molar-refractivity contribution in [2.75, 3.05) is 24.6 Å². The number of anilines is 1. The molecular formula is C14H18FNO2. The van der Waals surface area contributed by atoms with Crippen LogP contribution in [0.5, 0.6) is 0 Å². The Morgan fingerprint density at radius 2 is 2.17 bits per heavy atom. The monoisotopic (exact) mass is 251 g/mol. The first kappa shape index (κ1) is 14.2. The molecule has 0 spiro atoms. The number of halogens is 1. The van der Waals surface area contributed by atoms with Gasteiger partial charge < -0.3 is 9.64 Å². The van der Waals surface area contributed by atoms with Crippen molar-refractivity contribution in [1.29, 1.82) is 0 Å². The van der Waals surface area contributed by atoms with Crippen LogP contribution in [0.2, 0.25) is 0 Å². The lowest BCUT2D eigenvalue weighted by molar-refractivity contribution is -0.138. The summed E-state index contributed by atoms with van der Waals surface area (Å²) in [5.41, 5.74) is 1.09. The lowest BCUT2D eigenvalue weighted by atomic mass is 10.2. The highest BCUT2D eigenvalue weighted by Crippen LogP contribution is 2.16. The SMILES string of the molecule is C=C(CN(CC)c1cccc(F)c1)C(=O)OCC. The highest BCUT2D eigenvalue weighted by Gasteiger charge is 2.13. The van der Waals surface area contributed by atoms with Gasteiger partial charge in [0.05, 0.1) is 6.61 Å². The predicted molar refractivity (Wildman–Crippen MR) is 70.1 cm³/mol. The summed E-state index contributed by atoms with van der Waals surface area (Å²) in [6.45, 7) is 8.69. The van der Waals surface area contributed by atoms with E-state index in [0.717, 1.165) is 5.69 Å². The molecule has 1 aromatic rings. The van der Waals surface area contributed by atoms with E-state index in [1.807, 2.05) is 11.8 Å². The number of carbonyl (C=O) groups excluding carboxylic acids is 1. The molecule has 1 rings (SSSR count). The summed E-state index contributed by atoms with van der Waals surface area (Å²) in [5.74, 6) is -0.708. The van der Waals surface area contributed by atoms with Crippen LogP contribution in [0.1, 0.15) is 13.8 Å². The molecule has 0 unspecified atom stereocenters. The quantitative estimate of drug-likeness (QED) is 0.575. The lowest BCUT2D eigenvalue weighted by Gasteiger charge is -2.23. The van der Waals surface area contributed by atoms with E-state index in [2.05, 4.69) is 6.58 Å². The first-order valence-corrected chi connectivity index (χ1v) is 5.93. The van der Waals surface area contributed by atoms with E-state index in [4.69, 9.17) is 4.74 Å². The minimum Gasteiger partial charge on any atom is -0.463 e. The number of benzene rings is 1. The van der Waals surface area contributed by atoms with Gasteiger partial charge in [0.25, 0.3) is 0 Å². The fraction of sp³-hybridized carbons (Fsp3) is 0.357. The van der Waals surface area contributed by atoms with Crippen molar-refractivity contribution in [1.82, 2.24) is 0 Å². The summed E-state index contributed by atoms with van der Waals surface area (Å²) in [7, 11) is 0. The van der Waals surface area contributed by atoms with E-state index in [0.29, 0.717) is 25.3 Å². The third-order valence-corrected chi connectivity index (χ3v) is 2.50. The molecule has 0 aliphatic heterocycles. The summed E-state index contributed by atoms with van der Waals surface area (Å²) in [4.78, 5) is 13.3. The van der Waals surface area contributed by atoms with Crippen molar-refractivity contribution in [2.24, 2.45) is 0 Å². The van der Waals surface area contributed by atoms with Gasteiger partial charge in [-0.1, -0.05) is 12.6 Å². The normalized spacial score (nSPS) is 9.94. The molecule has 0 saturated carbocycles. The lowest BCUT2D eigenvalue weighted by Crippen LogP contribution is -2.28. The van der Waals surface area contributed by atoms with E-state index < -0.39 is 5.97 Å². The minimum atomic E-state index is -0.410. The minimum absolute atomic E-state index is 0.298. The van der Waals surface area contributed by atoms with E-state index in [-0.39, 0.29) is 5.82 Å². The molecule has 0 radical (unpaired) electrons. The Morgan fingerprint density at radius 3 is 2.72 bits per heavy atom. The number of ether oxygens (including phenoxy) is 1. The van der Waals surface area contributed by atoms with Crippen molar-refractivity contribution in [3.8, 4) is 0 Å². The summed E-state index contributed by atoms with van der Waals surface area (Å²) >= 11 is 0. The molecule has 0 aromatic heterocycles. The van der Waals surface area contributed by atoms with Crippen molar-refractivity contribution in [3.63, 3.8) is 0 Å². The fourth-order valence-electron chi connectivity index (χ4n) is 1.59. The maximum absolute atomic E-state index is 13.1. The van der Waals surface area contributed by atoms with Crippen LogP contribution in [0.25, 0.3) is 0 Å². The molecule has 0 aliphatic rings. The Hall–Kier alpha value is -1.84. The molecule has 0 amide bonds. The maximum atomic E-state index is 13.1. The zero-order valence-electron chi connectivity index (χ0n) is 10.8. The molecule has 0 heterocycles. The smallest absolute Gasteiger partial charge is 0.335 e. The number of likely N-dealkylation sites (N-methyl/N-ethyl adjacent to an activating group) is 1. The summed E-state index contributed by atoms with van der Waals surface area (Å²) in [5, 5.41) is 0. The van der Waals surface area contributed by atoms with Gasteiger partial charge in [0.1, 0.15) is 5.82 Å². The zero-order valence-corrected chi connectivity index (χ0v) is 10.8. The number of nitrogens with zero attached hydrogens (tertiary/aromatic N) is 1. The van der Waals surface area contributed by atoms with E-state index in [1.165, 1.54) is 12.1 Å². The summed E-state index contributed by atoms with van der Waals surface area (Å²) < 4.78 is 18.0. The van der Waals surface area contributed by atoms with Crippen molar-refractivity contribution >= 4 is 11.7 Å². The molecule has 4 heteroatoms. The molecule has 0 aliphatic carbocycles. The van der Waals surface area contributed by atoms with Gasteiger partial charge in [-0.25, -0.2) is 9.18 Å². The molecule has 0 saturated heterocycles. The highest BCUT2D eigenvalue weighted by molar-refractivity contribution is 5.88. The van der Waals surface area contributed by atoms with Crippen LogP contribution in [0.4, 0.5) is 10.1 Å². The largest absolute Gasteiger partial charge is 0.463 e. The van der Waals surface area contributed by atoms with Crippen molar-refractivity contribution < 1.29 is 13.9 Å². The van der Waals surface area contributed by atoms with Gasteiger partial charge in [0.2, 0.25) is 0 Å². The first-order chi connectivity index (χ1) is 8.58.